The average Bonchev–Trinajstić information content (AvgIpc) is 2.89. The Hall–Kier alpha value is -3.35. The molecule has 1 amide bonds. The number of hydrogen-bond acceptors (Lipinski definition) is 4. The summed E-state index contributed by atoms with van der Waals surface area (Å²) in [6.07, 6.45) is 1.31. The topological polar surface area (TPSA) is 110 Å². The fraction of sp³-hybridized carbons (Fsp3) is 0.118. The lowest BCUT2D eigenvalue weighted by molar-refractivity contribution is -0.120. The number of aryl methyl sites for hydroxylation is 1. The summed E-state index contributed by atoms with van der Waals surface area (Å²) >= 11 is 0. The van der Waals surface area contributed by atoms with Gasteiger partial charge in [0.15, 0.2) is 0 Å². The lowest BCUT2D eigenvalue weighted by Crippen LogP contribution is -2.23. The Bertz CT molecular complexity index is 985. The number of phenolic OH excluding ortho intramolecular Hbond substituents is 1. The van der Waals surface area contributed by atoms with Gasteiger partial charge in [-0.25, -0.2) is 5.43 Å². The monoisotopic (exact) mass is 324 g/mol. The van der Waals surface area contributed by atoms with Gasteiger partial charge in [0.25, 0.3) is 5.56 Å². The summed E-state index contributed by atoms with van der Waals surface area (Å²) < 4.78 is 0. The van der Waals surface area contributed by atoms with Gasteiger partial charge in [-0.05, 0) is 23.8 Å². The van der Waals surface area contributed by atoms with E-state index < -0.39 is 5.91 Å². The third-order valence-corrected chi connectivity index (χ3v) is 3.76. The van der Waals surface area contributed by atoms with E-state index in [0.717, 1.165) is 10.8 Å². The molecule has 7 nitrogen and oxygen atoms in total. The number of H-pyrrole nitrogens is 2. The lowest BCUT2D eigenvalue weighted by atomic mass is 10.0. The molecule has 0 aliphatic carbocycles. The quantitative estimate of drug-likeness (QED) is 0.432. The number of phenols is 1. The first-order valence-corrected chi connectivity index (χ1v) is 7.35. The van der Waals surface area contributed by atoms with Crippen LogP contribution < -0.4 is 11.0 Å². The van der Waals surface area contributed by atoms with Crippen molar-refractivity contribution in [2.75, 3.05) is 0 Å². The van der Waals surface area contributed by atoms with Gasteiger partial charge in [0.2, 0.25) is 5.91 Å². The number of fused-ring (bicyclic) bond motifs is 1. The van der Waals surface area contributed by atoms with E-state index in [2.05, 4.69) is 20.7 Å². The van der Waals surface area contributed by atoms with Crippen molar-refractivity contribution in [1.82, 2.24) is 15.6 Å². The fourth-order valence-corrected chi connectivity index (χ4v) is 2.47. The first kappa shape index (κ1) is 15.5. The Labute approximate surface area is 137 Å². The Morgan fingerprint density at radius 3 is 2.79 bits per heavy atom. The molecule has 0 radical (unpaired) electrons. The molecule has 1 heterocycles. The largest absolute Gasteiger partial charge is 0.507 e. The number of rotatable bonds is 4. The second-order valence-electron chi connectivity index (χ2n) is 5.37. The Morgan fingerprint density at radius 2 is 2.04 bits per heavy atom. The van der Waals surface area contributed by atoms with Gasteiger partial charge in [0.1, 0.15) is 5.75 Å². The van der Waals surface area contributed by atoms with Crippen LogP contribution >= 0.6 is 0 Å². The van der Waals surface area contributed by atoms with Crippen molar-refractivity contribution in [3.8, 4) is 5.75 Å². The zero-order chi connectivity index (χ0) is 17.1. The summed E-state index contributed by atoms with van der Waals surface area (Å²) in [7, 11) is 0. The van der Waals surface area contributed by atoms with Crippen LogP contribution in [0.4, 0.5) is 0 Å². The maximum absolute atomic E-state index is 11.9. The highest BCUT2D eigenvalue weighted by atomic mass is 16.3. The van der Waals surface area contributed by atoms with Crippen molar-refractivity contribution in [1.29, 1.82) is 0 Å². The number of carbonyl (C=O) groups excluding carboxylic acids is 1. The maximum Gasteiger partial charge on any atom is 0.267 e. The van der Waals surface area contributed by atoms with Crippen LogP contribution in [-0.2, 0) is 11.2 Å². The van der Waals surface area contributed by atoms with Crippen molar-refractivity contribution >= 4 is 22.9 Å². The standard InChI is InChI=1S/C17H16N4O3/c1-10-13(17(24)21-19-10)8-16(23)20-18-9-14-12-5-3-2-4-11(12)6-7-15(14)22/h2-7,9,22H,8H2,1H3,(H,20,23)(H2,19,21,24)/b18-9+. The van der Waals surface area contributed by atoms with E-state index in [4.69, 9.17) is 0 Å². The molecule has 122 valence electrons. The molecule has 0 bridgehead atoms. The van der Waals surface area contributed by atoms with Crippen LogP contribution in [0.2, 0.25) is 0 Å². The van der Waals surface area contributed by atoms with E-state index in [0.29, 0.717) is 16.8 Å². The molecular formula is C17H16N4O3. The molecular weight excluding hydrogens is 308 g/mol. The number of nitrogens with zero attached hydrogens (tertiary/aromatic N) is 1. The third-order valence-electron chi connectivity index (χ3n) is 3.76. The third kappa shape index (κ3) is 3.05. The van der Waals surface area contributed by atoms with Gasteiger partial charge >= 0.3 is 0 Å². The minimum absolute atomic E-state index is 0.0737. The highest BCUT2D eigenvalue weighted by Crippen LogP contribution is 2.25. The first-order chi connectivity index (χ1) is 11.6. The van der Waals surface area contributed by atoms with E-state index >= 15 is 0 Å². The molecule has 7 heteroatoms. The number of carbonyl (C=O) groups is 1. The number of aromatic nitrogens is 2. The molecule has 0 unspecified atom stereocenters. The van der Waals surface area contributed by atoms with Crippen LogP contribution in [0.15, 0.2) is 46.3 Å². The second-order valence-corrected chi connectivity index (χ2v) is 5.37. The van der Waals surface area contributed by atoms with Crippen LogP contribution in [0.5, 0.6) is 5.75 Å². The molecule has 0 atom stereocenters. The van der Waals surface area contributed by atoms with Gasteiger partial charge in [-0.1, -0.05) is 30.3 Å². The maximum atomic E-state index is 11.9. The molecule has 0 spiro atoms. The van der Waals surface area contributed by atoms with Crippen molar-refractivity contribution in [3.05, 3.63) is 63.6 Å². The zero-order valence-electron chi connectivity index (χ0n) is 13.0. The molecule has 3 aromatic rings. The molecule has 0 saturated carbocycles. The summed E-state index contributed by atoms with van der Waals surface area (Å²) in [5, 5.41) is 20.8. The molecule has 2 aromatic carbocycles. The van der Waals surface area contributed by atoms with Crippen molar-refractivity contribution in [2.24, 2.45) is 5.10 Å². The molecule has 4 N–H and O–H groups in total. The number of benzene rings is 2. The van der Waals surface area contributed by atoms with E-state index in [9.17, 15) is 14.7 Å². The highest BCUT2D eigenvalue weighted by Gasteiger charge is 2.11. The number of aromatic hydroxyl groups is 1. The van der Waals surface area contributed by atoms with E-state index in [-0.39, 0.29) is 17.7 Å². The number of amides is 1. The Morgan fingerprint density at radius 1 is 1.25 bits per heavy atom. The van der Waals surface area contributed by atoms with E-state index in [1.807, 2.05) is 30.3 Å². The summed E-state index contributed by atoms with van der Waals surface area (Å²) in [6, 6.07) is 10.9. The minimum Gasteiger partial charge on any atom is -0.507 e. The lowest BCUT2D eigenvalue weighted by Gasteiger charge is -2.04. The van der Waals surface area contributed by atoms with Crippen molar-refractivity contribution in [2.45, 2.75) is 13.3 Å². The minimum atomic E-state index is -0.417. The van der Waals surface area contributed by atoms with E-state index in [1.54, 1.807) is 13.0 Å². The van der Waals surface area contributed by atoms with Gasteiger partial charge in [0, 0.05) is 16.8 Å². The van der Waals surface area contributed by atoms with Gasteiger partial charge in [-0.2, -0.15) is 5.10 Å². The summed E-state index contributed by atoms with van der Waals surface area (Å²) in [6.45, 7) is 1.71. The van der Waals surface area contributed by atoms with Crippen LogP contribution in [0, 0.1) is 6.92 Å². The van der Waals surface area contributed by atoms with E-state index in [1.165, 1.54) is 6.21 Å². The number of hydrogen-bond donors (Lipinski definition) is 4. The predicted molar refractivity (Wildman–Crippen MR) is 91.2 cm³/mol. The fourth-order valence-electron chi connectivity index (χ4n) is 2.47. The van der Waals surface area contributed by atoms with Crippen molar-refractivity contribution in [3.63, 3.8) is 0 Å². The van der Waals surface area contributed by atoms with Crippen molar-refractivity contribution < 1.29 is 9.90 Å². The second kappa shape index (κ2) is 6.41. The molecule has 24 heavy (non-hydrogen) atoms. The molecule has 3 rings (SSSR count). The molecule has 0 aliphatic heterocycles. The van der Waals surface area contributed by atoms with Crippen LogP contribution in [0.25, 0.3) is 10.8 Å². The summed E-state index contributed by atoms with van der Waals surface area (Å²) in [5.74, 6) is -0.344. The molecule has 0 fully saturated rings. The molecule has 0 saturated heterocycles. The first-order valence-electron chi connectivity index (χ1n) is 7.35. The summed E-state index contributed by atoms with van der Waals surface area (Å²) in [5.41, 5.74) is 3.55. The SMILES string of the molecule is Cc1[nH][nH]c(=O)c1CC(=O)N/N=C/c1c(O)ccc2ccccc12. The number of hydrazone groups is 1. The van der Waals surface area contributed by atoms with Gasteiger partial charge in [-0.3, -0.25) is 14.7 Å². The normalized spacial score (nSPS) is 11.2. The zero-order valence-corrected chi connectivity index (χ0v) is 13.0. The molecule has 1 aromatic heterocycles. The van der Waals surface area contributed by atoms with Gasteiger partial charge < -0.3 is 10.2 Å². The average molecular weight is 324 g/mol. The molecule has 0 aliphatic rings. The number of nitrogens with one attached hydrogen (secondary N) is 3. The summed E-state index contributed by atoms with van der Waals surface area (Å²) in [4.78, 5) is 23.4. The Balaban J connectivity index is 1.76. The highest BCUT2D eigenvalue weighted by molar-refractivity contribution is 6.02. The van der Waals surface area contributed by atoms with Crippen LogP contribution in [0.3, 0.4) is 0 Å². The Kier molecular flexibility index (Phi) is 4.15. The smallest absolute Gasteiger partial charge is 0.267 e. The van der Waals surface area contributed by atoms with Crippen LogP contribution in [-0.4, -0.2) is 27.4 Å². The number of aromatic amines is 2. The van der Waals surface area contributed by atoms with Crippen LogP contribution in [0.1, 0.15) is 16.8 Å². The van der Waals surface area contributed by atoms with Gasteiger partial charge in [-0.15, -0.1) is 0 Å². The predicted octanol–water partition coefficient (Wildman–Crippen LogP) is 1.56. The van der Waals surface area contributed by atoms with Gasteiger partial charge in [0.05, 0.1) is 12.6 Å².